The summed E-state index contributed by atoms with van der Waals surface area (Å²) in [6.45, 7) is 0.842. The smallest absolute Gasteiger partial charge is 0.341 e. The average Bonchev–Trinajstić information content (AvgIpc) is 2.25. The molecule has 4 heteroatoms. The summed E-state index contributed by atoms with van der Waals surface area (Å²) in [5, 5.41) is 9.36. The highest BCUT2D eigenvalue weighted by Crippen LogP contribution is 2.16. The fourth-order valence-electron chi connectivity index (χ4n) is 1.09. The number of rotatable bonds is 5. The van der Waals surface area contributed by atoms with E-state index in [1.807, 2.05) is 0 Å². The van der Waals surface area contributed by atoms with E-state index in [0.29, 0.717) is 19.6 Å². The van der Waals surface area contributed by atoms with Gasteiger partial charge in [0.15, 0.2) is 0 Å². The highest BCUT2D eigenvalue weighted by Gasteiger charge is 2.10. The third-order valence-corrected chi connectivity index (χ3v) is 1.85. The summed E-state index contributed by atoms with van der Waals surface area (Å²) >= 11 is 0. The number of esters is 1. The summed E-state index contributed by atoms with van der Waals surface area (Å²) in [6.07, 6.45) is 0.649. The third-order valence-electron chi connectivity index (χ3n) is 1.85. The predicted octanol–water partition coefficient (Wildman–Crippen LogP) is 1.59. The zero-order valence-electron chi connectivity index (χ0n) is 8.60. The Hall–Kier alpha value is -1.55. The van der Waals surface area contributed by atoms with Gasteiger partial charge >= 0.3 is 5.97 Å². The van der Waals surface area contributed by atoms with Crippen LogP contribution < -0.4 is 0 Å². The van der Waals surface area contributed by atoms with Crippen molar-refractivity contribution >= 4 is 5.97 Å². The lowest BCUT2D eigenvalue weighted by molar-refractivity contribution is 0.0465. The van der Waals surface area contributed by atoms with E-state index in [0.717, 1.165) is 0 Å². The van der Waals surface area contributed by atoms with Crippen molar-refractivity contribution in [2.24, 2.45) is 0 Å². The molecule has 0 spiro atoms. The minimum atomic E-state index is -0.510. The van der Waals surface area contributed by atoms with Gasteiger partial charge in [-0.25, -0.2) is 4.79 Å². The van der Waals surface area contributed by atoms with Crippen molar-refractivity contribution in [3.05, 3.63) is 29.8 Å². The highest BCUT2D eigenvalue weighted by molar-refractivity contribution is 5.92. The SMILES string of the molecule is COCCCOC(=O)c1ccccc1O. The second kappa shape index (κ2) is 6.03. The molecule has 0 bridgehead atoms. The number of aromatic hydroxyl groups is 1. The van der Waals surface area contributed by atoms with Crippen LogP contribution in [-0.2, 0) is 9.47 Å². The minimum absolute atomic E-state index is 0.0609. The van der Waals surface area contributed by atoms with Gasteiger partial charge in [-0.1, -0.05) is 12.1 Å². The topological polar surface area (TPSA) is 55.8 Å². The minimum Gasteiger partial charge on any atom is -0.507 e. The Morgan fingerprint density at radius 2 is 2.07 bits per heavy atom. The Bertz CT molecular complexity index is 322. The van der Waals surface area contributed by atoms with Crippen LogP contribution in [0, 0.1) is 0 Å². The molecule has 4 nitrogen and oxygen atoms in total. The molecule has 0 unspecified atom stereocenters. The van der Waals surface area contributed by atoms with E-state index >= 15 is 0 Å². The molecule has 1 N–H and O–H groups in total. The van der Waals surface area contributed by atoms with Crippen LogP contribution in [0.4, 0.5) is 0 Å². The van der Waals surface area contributed by atoms with Crippen LogP contribution in [0.3, 0.4) is 0 Å². The number of methoxy groups -OCH3 is 1. The van der Waals surface area contributed by atoms with Gasteiger partial charge < -0.3 is 14.6 Å². The van der Waals surface area contributed by atoms with E-state index in [1.165, 1.54) is 12.1 Å². The van der Waals surface area contributed by atoms with Gasteiger partial charge in [0.05, 0.1) is 6.61 Å². The summed E-state index contributed by atoms with van der Waals surface area (Å²) in [4.78, 5) is 11.4. The molecule has 1 rings (SSSR count). The Kier molecular flexibility index (Phi) is 4.63. The molecule has 0 saturated heterocycles. The van der Waals surface area contributed by atoms with Gasteiger partial charge in [-0.15, -0.1) is 0 Å². The molecule has 0 aliphatic heterocycles. The highest BCUT2D eigenvalue weighted by atomic mass is 16.5. The number of ether oxygens (including phenoxy) is 2. The number of benzene rings is 1. The van der Waals surface area contributed by atoms with Gasteiger partial charge in [0.1, 0.15) is 11.3 Å². The molecule has 1 aromatic rings. The zero-order chi connectivity index (χ0) is 11.1. The van der Waals surface area contributed by atoms with Gasteiger partial charge in [0.25, 0.3) is 0 Å². The Morgan fingerprint density at radius 1 is 1.33 bits per heavy atom. The van der Waals surface area contributed by atoms with E-state index in [9.17, 15) is 9.90 Å². The first-order chi connectivity index (χ1) is 7.25. The average molecular weight is 210 g/mol. The van der Waals surface area contributed by atoms with Crippen LogP contribution in [0.1, 0.15) is 16.8 Å². The van der Waals surface area contributed by atoms with E-state index in [1.54, 1.807) is 19.2 Å². The first-order valence-electron chi connectivity index (χ1n) is 4.69. The molecular formula is C11H14O4. The predicted molar refractivity (Wildman–Crippen MR) is 54.9 cm³/mol. The van der Waals surface area contributed by atoms with Gasteiger partial charge in [0.2, 0.25) is 0 Å². The number of hydrogen-bond acceptors (Lipinski definition) is 4. The van der Waals surface area contributed by atoms with Crippen LogP contribution in [0.15, 0.2) is 24.3 Å². The Balaban J connectivity index is 2.44. The number of phenolic OH excluding ortho intramolecular Hbond substituents is 1. The molecule has 1 aromatic carbocycles. The molecule has 15 heavy (non-hydrogen) atoms. The largest absolute Gasteiger partial charge is 0.507 e. The molecule has 0 radical (unpaired) electrons. The van der Waals surface area contributed by atoms with Crippen LogP contribution in [0.25, 0.3) is 0 Å². The molecule has 0 amide bonds. The molecular weight excluding hydrogens is 196 g/mol. The molecule has 82 valence electrons. The Morgan fingerprint density at radius 3 is 2.73 bits per heavy atom. The second-order valence-corrected chi connectivity index (χ2v) is 3.00. The maximum atomic E-state index is 11.4. The number of carbonyl (C=O) groups is 1. The molecule has 0 fully saturated rings. The number of para-hydroxylation sites is 1. The molecule has 0 aliphatic carbocycles. The van der Waals surface area contributed by atoms with Crippen molar-refractivity contribution < 1.29 is 19.4 Å². The lowest BCUT2D eigenvalue weighted by Crippen LogP contribution is -2.08. The monoisotopic (exact) mass is 210 g/mol. The lowest BCUT2D eigenvalue weighted by atomic mass is 10.2. The second-order valence-electron chi connectivity index (χ2n) is 3.00. The zero-order valence-corrected chi connectivity index (χ0v) is 8.60. The summed E-state index contributed by atoms with van der Waals surface area (Å²) in [5.74, 6) is -0.571. The summed E-state index contributed by atoms with van der Waals surface area (Å²) in [6, 6.07) is 6.29. The van der Waals surface area contributed by atoms with Crippen LogP contribution in [0.5, 0.6) is 5.75 Å². The van der Waals surface area contributed by atoms with Crippen molar-refractivity contribution in [1.82, 2.24) is 0 Å². The molecule has 0 aromatic heterocycles. The molecule has 0 atom stereocenters. The first kappa shape index (κ1) is 11.5. The first-order valence-corrected chi connectivity index (χ1v) is 4.69. The normalized spacial score (nSPS) is 9.93. The van der Waals surface area contributed by atoms with Gasteiger partial charge in [0, 0.05) is 20.1 Å². The quantitative estimate of drug-likeness (QED) is 0.592. The van der Waals surface area contributed by atoms with Crippen molar-refractivity contribution in [3.63, 3.8) is 0 Å². The van der Waals surface area contributed by atoms with Crippen LogP contribution in [-0.4, -0.2) is 31.4 Å². The van der Waals surface area contributed by atoms with Gasteiger partial charge in [-0.05, 0) is 12.1 Å². The van der Waals surface area contributed by atoms with Crippen LogP contribution in [0.2, 0.25) is 0 Å². The maximum absolute atomic E-state index is 11.4. The lowest BCUT2D eigenvalue weighted by Gasteiger charge is -2.05. The standard InChI is InChI=1S/C11H14O4/c1-14-7-4-8-15-11(13)9-5-2-3-6-10(9)12/h2-3,5-6,12H,4,7-8H2,1H3. The van der Waals surface area contributed by atoms with Crippen molar-refractivity contribution in [3.8, 4) is 5.75 Å². The summed E-state index contributed by atoms with van der Waals surface area (Å²) in [7, 11) is 1.59. The molecule has 0 saturated carbocycles. The van der Waals surface area contributed by atoms with Gasteiger partial charge in [-0.2, -0.15) is 0 Å². The van der Waals surface area contributed by atoms with Crippen molar-refractivity contribution in [1.29, 1.82) is 0 Å². The van der Waals surface area contributed by atoms with E-state index in [4.69, 9.17) is 9.47 Å². The molecule has 0 aliphatic rings. The Labute approximate surface area is 88.4 Å². The number of carbonyl (C=O) groups excluding carboxylic acids is 1. The van der Waals surface area contributed by atoms with E-state index in [-0.39, 0.29) is 11.3 Å². The maximum Gasteiger partial charge on any atom is 0.341 e. The van der Waals surface area contributed by atoms with Crippen molar-refractivity contribution in [2.75, 3.05) is 20.3 Å². The summed E-state index contributed by atoms with van der Waals surface area (Å²) in [5.41, 5.74) is 0.190. The third kappa shape index (κ3) is 3.59. The number of hydrogen-bond donors (Lipinski definition) is 1. The van der Waals surface area contributed by atoms with Crippen LogP contribution >= 0.6 is 0 Å². The number of phenols is 1. The summed E-state index contributed by atoms with van der Waals surface area (Å²) < 4.78 is 9.74. The van der Waals surface area contributed by atoms with Crippen molar-refractivity contribution in [2.45, 2.75) is 6.42 Å². The molecule has 0 heterocycles. The fraction of sp³-hybridized carbons (Fsp3) is 0.364. The van der Waals surface area contributed by atoms with E-state index < -0.39 is 5.97 Å². The van der Waals surface area contributed by atoms with Gasteiger partial charge in [-0.3, -0.25) is 0 Å². The van der Waals surface area contributed by atoms with E-state index in [2.05, 4.69) is 0 Å². The fourth-order valence-corrected chi connectivity index (χ4v) is 1.09.